The molecular weight excluding hydrogens is 414 g/mol. The van der Waals surface area contributed by atoms with Crippen LogP contribution < -0.4 is 4.74 Å². The number of rotatable bonds is 8. The summed E-state index contributed by atoms with van der Waals surface area (Å²) in [6.07, 6.45) is 3.13. The number of carbonyl (C=O) groups is 1. The summed E-state index contributed by atoms with van der Waals surface area (Å²) >= 11 is -3.15. The molecule has 3 aromatic rings. The number of fused-ring (bicyclic) bond motifs is 1. The minimum atomic E-state index is -1.75. The Bertz CT molecular complexity index is 981. The Kier molecular flexibility index (Phi) is 7.37. The van der Waals surface area contributed by atoms with E-state index in [0.717, 1.165) is 16.6 Å². The summed E-state index contributed by atoms with van der Waals surface area (Å²) in [6, 6.07) is 9.16. The monoisotopic (exact) mass is 435 g/mol. The second-order valence-corrected chi connectivity index (χ2v) is 8.74. The number of hydrogen-bond donors (Lipinski definition) is 0. The van der Waals surface area contributed by atoms with Gasteiger partial charge in [0.15, 0.2) is 11.5 Å². The molecule has 0 aliphatic heterocycles. The minimum absolute atomic E-state index is 0.0306. The first-order valence-electron chi connectivity index (χ1n) is 8.94. The van der Waals surface area contributed by atoms with E-state index in [1.807, 2.05) is 31.2 Å². The number of ether oxygens (including phenoxy) is 2. The molecule has 0 spiro atoms. The molecular formula is C19H21N3O5S2. The molecule has 0 aliphatic carbocycles. The van der Waals surface area contributed by atoms with Crippen LogP contribution in [0.4, 0.5) is 4.79 Å². The lowest BCUT2D eigenvalue weighted by Crippen LogP contribution is -2.23. The highest BCUT2D eigenvalue weighted by Crippen LogP contribution is 2.23. The van der Waals surface area contributed by atoms with Crippen molar-refractivity contribution in [2.45, 2.75) is 19.6 Å². The molecule has 2 aromatic heterocycles. The third-order valence-electron chi connectivity index (χ3n) is 4.13. The Hall–Kier alpha value is -2.27. The van der Waals surface area contributed by atoms with Crippen molar-refractivity contribution in [1.29, 1.82) is 0 Å². The summed E-state index contributed by atoms with van der Waals surface area (Å²) in [5, 5.41) is -0.744. The summed E-state index contributed by atoms with van der Waals surface area (Å²) < 4.78 is 36.6. The minimum Gasteiger partial charge on any atom is -0.606 e. The van der Waals surface area contributed by atoms with E-state index < -0.39 is 27.8 Å². The van der Waals surface area contributed by atoms with Gasteiger partial charge in [0.1, 0.15) is 24.2 Å². The predicted octanol–water partition coefficient (Wildman–Crippen LogP) is 2.74. The number of carbonyl (C=O) groups excluding carboxylic acids is 1. The number of pyridine rings is 1. The maximum atomic E-state index is 12.9. The van der Waals surface area contributed by atoms with Crippen LogP contribution in [0.5, 0.6) is 5.75 Å². The van der Waals surface area contributed by atoms with Crippen molar-refractivity contribution >= 4 is 38.9 Å². The maximum Gasteiger partial charge on any atom is 0.523 e. The lowest BCUT2D eigenvalue weighted by molar-refractivity contribution is 0.178. The van der Waals surface area contributed by atoms with E-state index >= 15 is 0 Å². The van der Waals surface area contributed by atoms with Crippen LogP contribution in [0.3, 0.4) is 0 Å². The van der Waals surface area contributed by atoms with Crippen LogP contribution in [0.15, 0.2) is 42.9 Å². The number of aromatic nitrogens is 3. The highest BCUT2D eigenvalue weighted by Gasteiger charge is 2.22. The average molecular weight is 436 g/mol. The van der Waals surface area contributed by atoms with Crippen LogP contribution in [-0.4, -0.2) is 47.3 Å². The second-order valence-electron chi connectivity index (χ2n) is 5.99. The highest BCUT2D eigenvalue weighted by atomic mass is 32.2. The van der Waals surface area contributed by atoms with Crippen molar-refractivity contribution in [3.05, 3.63) is 54.1 Å². The van der Waals surface area contributed by atoms with Crippen molar-refractivity contribution in [2.75, 3.05) is 19.0 Å². The summed E-state index contributed by atoms with van der Waals surface area (Å²) in [4.78, 5) is 20.0. The van der Waals surface area contributed by atoms with Gasteiger partial charge in [0.2, 0.25) is 0 Å². The van der Waals surface area contributed by atoms with Gasteiger partial charge >= 0.3 is 5.30 Å². The van der Waals surface area contributed by atoms with Crippen molar-refractivity contribution in [3.63, 3.8) is 0 Å². The highest BCUT2D eigenvalue weighted by molar-refractivity contribution is 8.05. The van der Waals surface area contributed by atoms with Crippen molar-refractivity contribution in [2.24, 2.45) is 0 Å². The fraction of sp³-hybridized carbons (Fsp3) is 0.316. The Morgan fingerprint density at radius 3 is 2.79 bits per heavy atom. The third-order valence-corrected chi connectivity index (χ3v) is 6.41. The van der Waals surface area contributed by atoms with E-state index in [1.165, 1.54) is 0 Å². The quantitative estimate of drug-likeness (QED) is 0.395. The summed E-state index contributed by atoms with van der Waals surface area (Å²) in [5.74, 6) is 0.768. The molecule has 0 N–H and O–H groups in total. The van der Waals surface area contributed by atoms with Gasteiger partial charge in [-0.3, -0.25) is 4.98 Å². The summed E-state index contributed by atoms with van der Waals surface area (Å²) in [7, 11) is 0. The van der Waals surface area contributed by atoms with Crippen LogP contribution >= 0.6 is 0 Å². The van der Waals surface area contributed by atoms with E-state index in [9.17, 15) is 13.9 Å². The lowest BCUT2D eigenvalue weighted by Gasteiger charge is -2.15. The average Bonchev–Trinajstić information content (AvgIpc) is 3.15. The second kappa shape index (κ2) is 9.97. The number of hydrogen-bond acceptors (Lipinski definition) is 7. The first kappa shape index (κ1) is 21.4. The standard InChI is InChI=1S/C19H21N3O5S2/c1-3-26-19(23)28(24)11-10-27-18-8-9-20-16(14(18)2)12-29(25)22-13-21-15-6-4-5-7-17(15)22/h4-9,13H,3,10-12H2,1-2H3. The summed E-state index contributed by atoms with van der Waals surface area (Å²) in [5.41, 5.74) is 2.94. The molecule has 2 atom stereocenters. The van der Waals surface area contributed by atoms with Crippen LogP contribution in [0.1, 0.15) is 18.2 Å². The zero-order valence-corrected chi connectivity index (χ0v) is 17.7. The van der Waals surface area contributed by atoms with Crippen molar-refractivity contribution < 1.29 is 23.4 Å². The molecule has 3 rings (SSSR count). The number of para-hydroxylation sites is 2. The molecule has 29 heavy (non-hydrogen) atoms. The van der Waals surface area contributed by atoms with Gasteiger partial charge in [-0.05, 0) is 32.0 Å². The fourth-order valence-corrected chi connectivity index (χ4v) is 4.48. The van der Waals surface area contributed by atoms with Gasteiger partial charge in [-0.25, -0.2) is 4.98 Å². The van der Waals surface area contributed by atoms with Gasteiger partial charge in [-0.2, -0.15) is 8.77 Å². The molecule has 2 unspecified atom stereocenters. The molecule has 2 heterocycles. The molecule has 0 amide bonds. The Morgan fingerprint density at radius 1 is 1.21 bits per heavy atom. The number of imidazole rings is 1. The molecule has 0 saturated carbocycles. The lowest BCUT2D eigenvalue weighted by atomic mass is 10.2. The summed E-state index contributed by atoms with van der Waals surface area (Å²) in [6.45, 7) is 3.75. The first-order chi connectivity index (χ1) is 14.0. The van der Waals surface area contributed by atoms with E-state index in [0.29, 0.717) is 11.4 Å². The molecule has 1 aromatic carbocycles. The third kappa shape index (κ3) is 5.21. The molecule has 8 nitrogen and oxygen atoms in total. The normalized spacial score (nSPS) is 13.2. The first-order valence-corrected chi connectivity index (χ1v) is 11.5. The topological polar surface area (TPSA) is 112 Å². The van der Waals surface area contributed by atoms with E-state index in [4.69, 9.17) is 9.47 Å². The van der Waals surface area contributed by atoms with Crippen LogP contribution in [0.2, 0.25) is 0 Å². The van der Waals surface area contributed by atoms with E-state index in [-0.39, 0.29) is 24.7 Å². The fourth-order valence-electron chi connectivity index (χ4n) is 2.64. The van der Waals surface area contributed by atoms with Gasteiger partial charge in [0.25, 0.3) is 0 Å². The van der Waals surface area contributed by atoms with Crippen LogP contribution in [0, 0.1) is 6.92 Å². The van der Waals surface area contributed by atoms with Gasteiger partial charge in [-0.1, -0.05) is 12.1 Å². The van der Waals surface area contributed by atoms with E-state index in [2.05, 4.69) is 9.97 Å². The molecule has 0 radical (unpaired) electrons. The molecule has 0 saturated heterocycles. The van der Waals surface area contributed by atoms with Gasteiger partial charge in [0, 0.05) is 11.8 Å². The zero-order valence-electron chi connectivity index (χ0n) is 16.1. The Labute approximate surface area is 174 Å². The molecule has 154 valence electrons. The van der Waals surface area contributed by atoms with E-state index in [1.54, 1.807) is 29.5 Å². The van der Waals surface area contributed by atoms with Gasteiger partial charge in [0.05, 0.1) is 40.4 Å². The SMILES string of the molecule is CCOC(=O)[S+]([O-])CCOc1ccnc(C[S+]([O-])n2cnc3ccccc32)c1C. The molecule has 0 fully saturated rings. The number of nitrogens with zero attached hydrogens (tertiary/aromatic N) is 3. The molecule has 0 aliphatic rings. The molecule has 0 bridgehead atoms. The van der Waals surface area contributed by atoms with Crippen LogP contribution in [-0.2, 0) is 33.0 Å². The van der Waals surface area contributed by atoms with Crippen molar-refractivity contribution in [3.8, 4) is 5.75 Å². The largest absolute Gasteiger partial charge is 0.606 e. The predicted molar refractivity (Wildman–Crippen MR) is 111 cm³/mol. The molecule has 10 heteroatoms. The Morgan fingerprint density at radius 2 is 2.00 bits per heavy atom. The van der Waals surface area contributed by atoms with Crippen LogP contribution in [0.25, 0.3) is 11.0 Å². The van der Waals surface area contributed by atoms with Gasteiger partial charge < -0.3 is 18.6 Å². The zero-order chi connectivity index (χ0) is 20.8. The van der Waals surface area contributed by atoms with Crippen molar-refractivity contribution in [1.82, 2.24) is 13.9 Å². The maximum absolute atomic E-state index is 12.9. The smallest absolute Gasteiger partial charge is 0.523 e. The van der Waals surface area contributed by atoms with Gasteiger partial charge in [-0.15, -0.1) is 0 Å². The Balaban J connectivity index is 1.65. The number of benzene rings is 1.